The third-order valence-corrected chi connectivity index (χ3v) is 4.53. The molecule has 2 N–H and O–H groups in total. The standard InChI is InChI=1S/C18H28F2N4O2/c1-4-24-8-7-13(12-24)10-22-18(21-2)23-11-14-9-15(25-3)5-6-16(14)26-17(19)20/h5-6,9,13,17H,4,7-8,10-12H2,1-3H3,(H2,21,22,23). The molecule has 26 heavy (non-hydrogen) atoms. The highest BCUT2D eigenvalue weighted by Gasteiger charge is 2.21. The fourth-order valence-electron chi connectivity index (χ4n) is 3.04. The summed E-state index contributed by atoms with van der Waals surface area (Å²) in [7, 11) is 3.21. The second kappa shape index (κ2) is 10.2. The molecule has 2 rings (SSSR count). The van der Waals surface area contributed by atoms with E-state index < -0.39 is 6.61 Å². The van der Waals surface area contributed by atoms with E-state index in [9.17, 15) is 8.78 Å². The van der Waals surface area contributed by atoms with Gasteiger partial charge in [0, 0.05) is 32.2 Å². The molecule has 1 aromatic carbocycles. The van der Waals surface area contributed by atoms with E-state index in [0.29, 0.717) is 29.7 Å². The number of alkyl halides is 2. The molecule has 1 unspecified atom stereocenters. The number of rotatable bonds is 8. The van der Waals surface area contributed by atoms with Crippen molar-refractivity contribution in [2.45, 2.75) is 26.5 Å². The Morgan fingerprint density at radius 2 is 2.19 bits per heavy atom. The van der Waals surface area contributed by atoms with Crippen LogP contribution < -0.4 is 20.1 Å². The lowest BCUT2D eigenvalue weighted by atomic mass is 10.1. The van der Waals surface area contributed by atoms with E-state index in [4.69, 9.17) is 4.74 Å². The normalized spacial score (nSPS) is 18.2. The van der Waals surface area contributed by atoms with Crippen LogP contribution in [0.25, 0.3) is 0 Å². The van der Waals surface area contributed by atoms with E-state index in [1.807, 2.05) is 0 Å². The van der Waals surface area contributed by atoms with Crippen molar-refractivity contribution < 1.29 is 18.3 Å². The number of hydrogen-bond acceptors (Lipinski definition) is 4. The Kier molecular flexibility index (Phi) is 7.90. The first-order valence-corrected chi connectivity index (χ1v) is 8.84. The predicted molar refractivity (Wildman–Crippen MR) is 98.0 cm³/mol. The van der Waals surface area contributed by atoms with Crippen molar-refractivity contribution >= 4 is 5.96 Å². The summed E-state index contributed by atoms with van der Waals surface area (Å²) in [5.74, 6) is 1.92. The third kappa shape index (κ3) is 6.01. The van der Waals surface area contributed by atoms with Crippen molar-refractivity contribution in [3.63, 3.8) is 0 Å². The molecule has 1 aromatic rings. The van der Waals surface area contributed by atoms with Gasteiger partial charge >= 0.3 is 6.61 Å². The first-order valence-electron chi connectivity index (χ1n) is 8.84. The second-order valence-electron chi connectivity index (χ2n) is 6.21. The van der Waals surface area contributed by atoms with Crippen LogP contribution in [0.4, 0.5) is 8.78 Å². The summed E-state index contributed by atoms with van der Waals surface area (Å²) in [6, 6.07) is 4.75. The molecular formula is C18H28F2N4O2. The number of ether oxygens (including phenoxy) is 2. The van der Waals surface area contributed by atoms with Crippen LogP contribution >= 0.6 is 0 Å². The number of likely N-dealkylation sites (tertiary alicyclic amines) is 1. The van der Waals surface area contributed by atoms with E-state index >= 15 is 0 Å². The molecule has 8 heteroatoms. The van der Waals surface area contributed by atoms with E-state index in [1.165, 1.54) is 19.6 Å². The number of methoxy groups -OCH3 is 1. The minimum atomic E-state index is -2.87. The lowest BCUT2D eigenvalue weighted by Crippen LogP contribution is -2.40. The van der Waals surface area contributed by atoms with Gasteiger partial charge in [0.2, 0.25) is 0 Å². The van der Waals surface area contributed by atoms with Crippen molar-refractivity contribution in [3.8, 4) is 11.5 Å². The Labute approximate surface area is 153 Å². The summed E-state index contributed by atoms with van der Waals surface area (Å²) < 4.78 is 34.9. The van der Waals surface area contributed by atoms with E-state index in [-0.39, 0.29) is 5.75 Å². The van der Waals surface area contributed by atoms with Crippen molar-refractivity contribution in [2.24, 2.45) is 10.9 Å². The molecule has 1 aliphatic rings. The second-order valence-corrected chi connectivity index (χ2v) is 6.21. The van der Waals surface area contributed by atoms with Gasteiger partial charge in [-0.25, -0.2) is 0 Å². The Morgan fingerprint density at radius 1 is 1.38 bits per heavy atom. The summed E-state index contributed by atoms with van der Waals surface area (Å²) in [5.41, 5.74) is 0.575. The summed E-state index contributed by atoms with van der Waals surface area (Å²) in [5, 5.41) is 6.45. The highest BCUT2D eigenvalue weighted by molar-refractivity contribution is 5.79. The number of halogens is 2. The average molecular weight is 370 g/mol. The lowest BCUT2D eigenvalue weighted by Gasteiger charge is -2.17. The molecule has 0 aliphatic carbocycles. The maximum absolute atomic E-state index is 12.6. The Bertz CT molecular complexity index is 599. The average Bonchev–Trinajstić information content (AvgIpc) is 3.10. The van der Waals surface area contributed by atoms with Gasteiger partial charge in [0.15, 0.2) is 5.96 Å². The van der Waals surface area contributed by atoms with Gasteiger partial charge in [-0.3, -0.25) is 4.99 Å². The quantitative estimate of drug-likeness (QED) is 0.543. The molecule has 0 spiro atoms. The van der Waals surface area contributed by atoms with Gasteiger partial charge in [0.25, 0.3) is 0 Å². The minimum Gasteiger partial charge on any atom is -0.497 e. The monoisotopic (exact) mass is 370 g/mol. The van der Waals surface area contributed by atoms with Crippen LogP contribution in [0.15, 0.2) is 23.2 Å². The molecule has 6 nitrogen and oxygen atoms in total. The van der Waals surface area contributed by atoms with Crippen LogP contribution in [0, 0.1) is 5.92 Å². The molecule has 0 bridgehead atoms. The summed E-state index contributed by atoms with van der Waals surface area (Å²) >= 11 is 0. The Morgan fingerprint density at radius 3 is 2.81 bits per heavy atom. The molecule has 0 saturated carbocycles. The zero-order chi connectivity index (χ0) is 18.9. The van der Waals surface area contributed by atoms with E-state index in [1.54, 1.807) is 19.2 Å². The van der Waals surface area contributed by atoms with Crippen LogP contribution in [0.1, 0.15) is 18.9 Å². The van der Waals surface area contributed by atoms with Crippen LogP contribution in [0.3, 0.4) is 0 Å². The maximum atomic E-state index is 12.6. The van der Waals surface area contributed by atoms with Crippen LogP contribution in [-0.4, -0.2) is 57.8 Å². The van der Waals surface area contributed by atoms with Crippen molar-refractivity contribution in [1.82, 2.24) is 15.5 Å². The number of nitrogens with zero attached hydrogens (tertiary/aromatic N) is 2. The van der Waals surface area contributed by atoms with Gasteiger partial charge in [-0.2, -0.15) is 8.78 Å². The highest BCUT2D eigenvalue weighted by atomic mass is 19.3. The maximum Gasteiger partial charge on any atom is 0.387 e. The fourth-order valence-corrected chi connectivity index (χ4v) is 3.04. The van der Waals surface area contributed by atoms with Crippen LogP contribution in [-0.2, 0) is 6.54 Å². The van der Waals surface area contributed by atoms with Crippen molar-refractivity contribution in [1.29, 1.82) is 0 Å². The SMILES string of the molecule is CCN1CCC(CNC(=NC)NCc2cc(OC)ccc2OC(F)F)C1. The van der Waals surface area contributed by atoms with E-state index in [2.05, 4.69) is 32.2 Å². The number of aliphatic imine (C=N–C) groups is 1. The Balaban J connectivity index is 1.91. The zero-order valence-corrected chi connectivity index (χ0v) is 15.6. The fraction of sp³-hybridized carbons (Fsp3) is 0.611. The topological polar surface area (TPSA) is 58.1 Å². The van der Waals surface area contributed by atoms with E-state index in [0.717, 1.165) is 26.2 Å². The van der Waals surface area contributed by atoms with Gasteiger partial charge in [0.05, 0.1) is 7.11 Å². The molecule has 1 saturated heterocycles. The lowest BCUT2D eigenvalue weighted by molar-refractivity contribution is -0.0504. The largest absolute Gasteiger partial charge is 0.497 e. The first-order chi connectivity index (χ1) is 12.5. The van der Waals surface area contributed by atoms with Crippen LogP contribution in [0.2, 0.25) is 0 Å². The predicted octanol–water partition coefficient (Wildman–Crippen LogP) is 2.30. The number of nitrogens with one attached hydrogen (secondary N) is 2. The molecule has 1 fully saturated rings. The van der Waals surface area contributed by atoms with Gasteiger partial charge in [-0.05, 0) is 43.6 Å². The number of benzene rings is 1. The molecule has 0 amide bonds. The molecule has 146 valence electrons. The highest BCUT2D eigenvalue weighted by Crippen LogP contribution is 2.25. The van der Waals surface area contributed by atoms with Gasteiger partial charge in [-0.1, -0.05) is 6.92 Å². The summed E-state index contributed by atoms with van der Waals surface area (Å²) in [4.78, 5) is 6.62. The summed E-state index contributed by atoms with van der Waals surface area (Å²) in [6.45, 7) is 3.72. The van der Waals surface area contributed by atoms with Gasteiger partial charge in [0.1, 0.15) is 11.5 Å². The molecule has 1 aliphatic heterocycles. The zero-order valence-electron chi connectivity index (χ0n) is 15.6. The number of hydrogen-bond donors (Lipinski definition) is 2. The van der Waals surface area contributed by atoms with Crippen LogP contribution in [0.5, 0.6) is 11.5 Å². The molecule has 0 radical (unpaired) electrons. The molecular weight excluding hydrogens is 342 g/mol. The molecule has 1 atom stereocenters. The Hall–Kier alpha value is -2.09. The summed E-state index contributed by atoms with van der Waals surface area (Å²) in [6.07, 6.45) is 1.17. The minimum absolute atomic E-state index is 0.123. The number of guanidine groups is 1. The molecule has 0 aromatic heterocycles. The van der Waals surface area contributed by atoms with Gasteiger partial charge < -0.3 is 25.0 Å². The van der Waals surface area contributed by atoms with Crippen molar-refractivity contribution in [3.05, 3.63) is 23.8 Å². The van der Waals surface area contributed by atoms with Crippen molar-refractivity contribution in [2.75, 3.05) is 40.3 Å². The first kappa shape index (κ1) is 20.2. The smallest absolute Gasteiger partial charge is 0.387 e. The third-order valence-electron chi connectivity index (χ3n) is 4.53. The van der Waals surface area contributed by atoms with Gasteiger partial charge in [-0.15, -0.1) is 0 Å². The molecule has 1 heterocycles.